The fourth-order valence-corrected chi connectivity index (χ4v) is 1.89. The van der Waals surface area contributed by atoms with Crippen LogP contribution in [0.25, 0.3) is 0 Å². The van der Waals surface area contributed by atoms with Gasteiger partial charge in [0.25, 0.3) is 5.56 Å². The molecule has 1 saturated heterocycles. The lowest BCUT2D eigenvalue weighted by Gasteiger charge is -2.18. The molecule has 0 bridgehead atoms. The Morgan fingerprint density at radius 3 is 2.47 bits per heavy atom. The summed E-state index contributed by atoms with van der Waals surface area (Å²) in [7, 11) is 0. The molecule has 0 aliphatic carbocycles. The van der Waals surface area contributed by atoms with Crippen molar-refractivity contribution in [2.75, 3.05) is 0 Å². The first-order valence-corrected chi connectivity index (χ1v) is 5.27. The van der Waals surface area contributed by atoms with Crippen molar-refractivity contribution in [2.24, 2.45) is 0 Å². The van der Waals surface area contributed by atoms with Crippen molar-refractivity contribution in [3.8, 4) is 0 Å². The first kappa shape index (κ1) is 13.3. The summed E-state index contributed by atoms with van der Waals surface area (Å²) >= 11 is 0. The molecule has 2 rings (SSSR count). The van der Waals surface area contributed by atoms with Crippen LogP contribution >= 0.6 is 0 Å². The number of carbonyl (C=O) groups is 2. The van der Waals surface area contributed by atoms with Crippen molar-refractivity contribution >= 4 is 12.6 Å². The number of nitrogens with zero attached hydrogens (tertiary/aromatic N) is 1. The molecule has 9 heteroatoms. The van der Waals surface area contributed by atoms with Gasteiger partial charge in [0.1, 0.15) is 18.3 Å². The average Bonchev–Trinajstić information content (AvgIpc) is 2.65. The molecule has 1 aliphatic rings. The third kappa shape index (κ3) is 2.14. The second-order valence-electron chi connectivity index (χ2n) is 3.96. The van der Waals surface area contributed by atoms with Crippen molar-refractivity contribution in [1.29, 1.82) is 0 Å². The van der Waals surface area contributed by atoms with E-state index >= 15 is 0 Å². The maximum absolute atomic E-state index is 11.6. The van der Waals surface area contributed by atoms with Gasteiger partial charge >= 0.3 is 5.69 Å². The summed E-state index contributed by atoms with van der Waals surface area (Å²) < 4.78 is 5.67. The van der Waals surface area contributed by atoms with Crippen molar-refractivity contribution in [3.05, 3.63) is 32.6 Å². The number of carbonyl (C=O) groups excluding carboxylic acids is 2. The fraction of sp³-hybridized carbons (Fsp3) is 0.400. The van der Waals surface area contributed by atoms with Gasteiger partial charge in [-0.05, 0) is 0 Å². The Hall–Kier alpha value is -2.10. The number of nitrogens with one attached hydrogen (secondary N) is 1. The molecular formula is C10H10N2O7. The zero-order valence-corrected chi connectivity index (χ0v) is 9.42. The molecule has 1 fully saturated rings. The molecule has 3 N–H and O–H groups in total. The average molecular weight is 270 g/mol. The fourth-order valence-electron chi connectivity index (χ4n) is 1.89. The predicted octanol–water partition coefficient (Wildman–Crippen LogP) is -2.83. The maximum Gasteiger partial charge on any atom is 0.331 e. The molecule has 0 saturated carbocycles. The van der Waals surface area contributed by atoms with Crippen molar-refractivity contribution < 1.29 is 24.5 Å². The molecule has 0 radical (unpaired) electrons. The third-order valence-electron chi connectivity index (χ3n) is 2.79. The molecule has 19 heavy (non-hydrogen) atoms. The van der Waals surface area contributed by atoms with E-state index in [1.54, 1.807) is 0 Å². The summed E-state index contributed by atoms with van der Waals surface area (Å²) in [5.41, 5.74) is -2.11. The summed E-state index contributed by atoms with van der Waals surface area (Å²) in [6.45, 7) is 0. The smallest absolute Gasteiger partial charge is 0.331 e. The number of aldehydes is 2. The van der Waals surface area contributed by atoms with E-state index in [0.717, 1.165) is 6.07 Å². The standard InChI is InChI=1S/C10H10N2O7/c13-2-4-1-6(15)11-10(18)12(4)9-8(17)7(16)5(3-14)19-9/h1-3,5,7-9,16-17H,(H,11,15,18)/t5-,7-,8-,9-/m1/s1. The van der Waals surface area contributed by atoms with Crippen molar-refractivity contribution in [2.45, 2.75) is 24.5 Å². The molecule has 102 valence electrons. The molecule has 0 amide bonds. The van der Waals surface area contributed by atoms with E-state index in [1.807, 2.05) is 4.98 Å². The number of hydrogen-bond acceptors (Lipinski definition) is 7. The number of aliphatic hydroxyl groups excluding tert-OH is 2. The molecule has 1 aromatic heterocycles. The van der Waals surface area contributed by atoms with Gasteiger partial charge in [-0.25, -0.2) is 4.79 Å². The van der Waals surface area contributed by atoms with Crippen LogP contribution in [0, 0.1) is 0 Å². The van der Waals surface area contributed by atoms with Crippen LogP contribution in [0.15, 0.2) is 15.7 Å². The highest BCUT2D eigenvalue weighted by Gasteiger charge is 2.44. The number of H-pyrrole nitrogens is 1. The van der Waals surface area contributed by atoms with Crippen LogP contribution in [0.4, 0.5) is 0 Å². The predicted molar refractivity (Wildman–Crippen MR) is 58.7 cm³/mol. The van der Waals surface area contributed by atoms with E-state index in [0.29, 0.717) is 4.57 Å². The van der Waals surface area contributed by atoms with E-state index in [2.05, 4.69) is 0 Å². The monoisotopic (exact) mass is 270 g/mol. The Morgan fingerprint density at radius 2 is 1.95 bits per heavy atom. The Morgan fingerprint density at radius 1 is 1.26 bits per heavy atom. The van der Waals surface area contributed by atoms with Gasteiger partial charge in [-0.3, -0.25) is 19.1 Å². The summed E-state index contributed by atoms with van der Waals surface area (Å²) in [5.74, 6) is 0. The molecule has 4 atom stereocenters. The lowest BCUT2D eigenvalue weighted by molar-refractivity contribution is -0.122. The molecule has 9 nitrogen and oxygen atoms in total. The Balaban J connectivity index is 2.54. The van der Waals surface area contributed by atoms with Gasteiger partial charge in [-0.15, -0.1) is 0 Å². The van der Waals surface area contributed by atoms with Gasteiger partial charge in [-0.2, -0.15) is 0 Å². The number of aromatic amines is 1. The summed E-state index contributed by atoms with van der Waals surface area (Å²) in [5, 5.41) is 19.2. The van der Waals surface area contributed by atoms with Gasteiger partial charge in [0.2, 0.25) is 0 Å². The van der Waals surface area contributed by atoms with E-state index in [4.69, 9.17) is 4.74 Å². The minimum absolute atomic E-state index is 0.230. The second kappa shape index (κ2) is 4.88. The molecule has 0 unspecified atom stereocenters. The van der Waals surface area contributed by atoms with Crippen LogP contribution < -0.4 is 11.2 Å². The quantitative estimate of drug-likeness (QED) is 0.503. The van der Waals surface area contributed by atoms with Gasteiger partial charge in [-0.1, -0.05) is 0 Å². The Kier molecular flexibility index (Phi) is 3.42. The van der Waals surface area contributed by atoms with Gasteiger partial charge in [0.05, 0.1) is 5.69 Å². The first-order valence-electron chi connectivity index (χ1n) is 5.27. The zero-order valence-electron chi connectivity index (χ0n) is 9.42. The van der Waals surface area contributed by atoms with Gasteiger partial charge < -0.3 is 19.7 Å². The number of rotatable bonds is 3. The van der Waals surface area contributed by atoms with Crippen molar-refractivity contribution in [3.63, 3.8) is 0 Å². The normalized spacial score (nSPS) is 30.2. The molecule has 0 spiro atoms. The van der Waals surface area contributed by atoms with Gasteiger partial charge in [0, 0.05) is 6.07 Å². The number of hydrogen-bond donors (Lipinski definition) is 3. The molecule has 0 aromatic carbocycles. The third-order valence-corrected chi connectivity index (χ3v) is 2.79. The largest absolute Gasteiger partial charge is 0.387 e. The molecule has 2 heterocycles. The number of ether oxygens (including phenoxy) is 1. The van der Waals surface area contributed by atoms with E-state index < -0.39 is 35.8 Å². The SMILES string of the molecule is O=Cc1cc(=O)[nH]c(=O)n1[C@@H]1O[C@H](C=O)[C@@H](O)[C@H]1O. The summed E-state index contributed by atoms with van der Waals surface area (Å²) in [4.78, 5) is 46.1. The molecule has 1 aromatic rings. The highest BCUT2D eigenvalue weighted by Crippen LogP contribution is 2.27. The topological polar surface area (TPSA) is 139 Å². The first-order chi connectivity index (χ1) is 8.99. The number of aliphatic hydroxyl groups is 2. The number of aromatic nitrogens is 2. The minimum Gasteiger partial charge on any atom is -0.387 e. The van der Waals surface area contributed by atoms with E-state index in [-0.39, 0.29) is 18.3 Å². The maximum atomic E-state index is 11.6. The lowest BCUT2D eigenvalue weighted by atomic mass is 10.1. The lowest BCUT2D eigenvalue weighted by Crippen LogP contribution is -2.39. The van der Waals surface area contributed by atoms with Crippen LogP contribution in [-0.2, 0) is 9.53 Å². The minimum atomic E-state index is -1.59. The highest BCUT2D eigenvalue weighted by atomic mass is 16.6. The van der Waals surface area contributed by atoms with E-state index in [1.165, 1.54) is 0 Å². The van der Waals surface area contributed by atoms with Crippen LogP contribution in [0.2, 0.25) is 0 Å². The summed E-state index contributed by atoms with van der Waals surface area (Å²) in [6, 6.07) is 0.838. The van der Waals surface area contributed by atoms with Crippen LogP contribution in [0.1, 0.15) is 16.7 Å². The molecule has 1 aliphatic heterocycles. The zero-order chi connectivity index (χ0) is 14.2. The highest BCUT2D eigenvalue weighted by molar-refractivity contribution is 5.71. The molecular weight excluding hydrogens is 260 g/mol. The van der Waals surface area contributed by atoms with Gasteiger partial charge in [0.15, 0.2) is 18.8 Å². The van der Waals surface area contributed by atoms with E-state index in [9.17, 15) is 29.4 Å². The van der Waals surface area contributed by atoms with Crippen LogP contribution in [0.5, 0.6) is 0 Å². The van der Waals surface area contributed by atoms with Crippen LogP contribution in [-0.4, -0.2) is 50.6 Å². The Bertz CT molecular complexity index is 619. The Labute approximate surface area is 105 Å². The second-order valence-corrected chi connectivity index (χ2v) is 3.96. The van der Waals surface area contributed by atoms with Crippen LogP contribution in [0.3, 0.4) is 0 Å². The van der Waals surface area contributed by atoms with Crippen molar-refractivity contribution in [1.82, 2.24) is 9.55 Å². The summed E-state index contributed by atoms with van der Waals surface area (Å²) in [6.07, 6.45) is -5.37.